The summed E-state index contributed by atoms with van der Waals surface area (Å²) in [4.78, 5) is 35.6. The Balaban J connectivity index is 1.57. The molecule has 0 bridgehead atoms. The zero-order chi connectivity index (χ0) is 28.0. The molecule has 206 valence electrons. The number of aryl methyl sites for hydroxylation is 1. The highest BCUT2D eigenvalue weighted by molar-refractivity contribution is 5.98. The molecule has 0 saturated carbocycles. The molecule has 2 aromatic rings. The van der Waals surface area contributed by atoms with Gasteiger partial charge >= 0.3 is 0 Å². The number of Topliss-reactive ketones (excluding diaryl/α,β-unsaturated/α-hetero) is 1. The van der Waals surface area contributed by atoms with Crippen LogP contribution in [0.2, 0.25) is 0 Å². The van der Waals surface area contributed by atoms with Gasteiger partial charge in [-0.25, -0.2) is 0 Å². The van der Waals surface area contributed by atoms with E-state index < -0.39 is 0 Å². The normalized spacial score (nSPS) is 12.9. The summed E-state index contributed by atoms with van der Waals surface area (Å²) in [5.41, 5.74) is 7.80. The number of allylic oxidation sites excluding steroid dienone is 5. The van der Waals surface area contributed by atoms with Crippen LogP contribution < -0.4 is 0 Å². The highest BCUT2D eigenvalue weighted by Crippen LogP contribution is 2.40. The lowest BCUT2D eigenvalue weighted by molar-refractivity contribution is -0.118. The third kappa shape index (κ3) is 7.98. The fourth-order valence-corrected chi connectivity index (χ4v) is 5.42. The number of carbonyl (C=O) groups excluding carboxylic acids is 3. The molecule has 4 heteroatoms. The predicted molar refractivity (Wildman–Crippen MR) is 159 cm³/mol. The minimum absolute atomic E-state index is 0.346. The van der Waals surface area contributed by atoms with E-state index in [0.717, 1.165) is 85.5 Å². The highest BCUT2D eigenvalue weighted by atomic mass is 16.5. The van der Waals surface area contributed by atoms with Crippen LogP contribution in [0.1, 0.15) is 102 Å². The molecule has 2 aromatic carbocycles. The van der Waals surface area contributed by atoms with Crippen LogP contribution in [0.15, 0.2) is 60.4 Å². The number of aldehydes is 2. The van der Waals surface area contributed by atoms with E-state index in [2.05, 4.69) is 31.2 Å². The molecule has 3 rings (SSSR count). The molecule has 39 heavy (non-hydrogen) atoms. The average Bonchev–Trinajstić information content (AvgIpc) is 2.97. The van der Waals surface area contributed by atoms with Crippen LogP contribution in [0.3, 0.4) is 0 Å². The number of benzene rings is 2. The Morgan fingerprint density at radius 3 is 2.49 bits per heavy atom. The van der Waals surface area contributed by atoms with Crippen LogP contribution in [0.4, 0.5) is 0 Å². The lowest BCUT2D eigenvalue weighted by Gasteiger charge is -2.26. The predicted octanol–water partition coefficient (Wildman–Crippen LogP) is 8.28. The summed E-state index contributed by atoms with van der Waals surface area (Å²) in [6.07, 6.45) is 20.2. The SMILES string of the molecule is C\C=C(/C=C\C=C\CCc1c(C)c2c(c(C=O)c1C=O)CCc1ccccc1-2)OCCCCCCC(=O)CC. The molecule has 0 aliphatic heterocycles. The summed E-state index contributed by atoms with van der Waals surface area (Å²) >= 11 is 0. The van der Waals surface area contributed by atoms with Gasteiger partial charge in [0, 0.05) is 24.0 Å². The smallest absolute Gasteiger partial charge is 0.151 e. The molecule has 0 atom stereocenters. The van der Waals surface area contributed by atoms with Crippen LogP contribution in [-0.2, 0) is 28.8 Å². The van der Waals surface area contributed by atoms with Crippen LogP contribution >= 0.6 is 0 Å². The number of rotatable bonds is 16. The molecule has 0 N–H and O–H groups in total. The molecule has 0 amide bonds. The van der Waals surface area contributed by atoms with Gasteiger partial charge in [0.1, 0.15) is 11.5 Å². The number of hydrogen-bond donors (Lipinski definition) is 0. The number of fused-ring (bicyclic) bond motifs is 3. The van der Waals surface area contributed by atoms with Gasteiger partial charge in [-0.2, -0.15) is 0 Å². The summed E-state index contributed by atoms with van der Waals surface area (Å²) < 4.78 is 5.87. The van der Waals surface area contributed by atoms with Crippen molar-refractivity contribution in [2.75, 3.05) is 6.61 Å². The van der Waals surface area contributed by atoms with Crippen LogP contribution in [0, 0.1) is 6.92 Å². The van der Waals surface area contributed by atoms with Crippen molar-refractivity contribution in [3.8, 4) is 11.1 Å². The Labute approximate surface area is 233 Å². The van der Waals surface area contributed by atoms with Gasteiger partial charge in [0.15, 0.2) is 12.6 Å². The molecule has 0 radical (unpaired) electrons. The largest absolute Gasteiger partial charge is 0.494 e. The van der Waals surface area contributed by atoms with Crippen molar-refractivity contribution in [2.24, 2.45) is 0 Å². The number of unbranched alkanes of at least 4 members (excludes halogenated alkanes) is 3. The number of hydrogen-bond acceptors (Lipinski definition) is 4. The van der Waals surface area contributed by atoms with Gasteiger partial charge in [0.05, 0.1) is 6.61 Å². The first-order valence-corrected chi connectivity index (χ1v) is 14.4. The van der Waals surface area contributed by atoms with E-state index in [1.54, 1.807) is 0 Å². The molecule has 1 aliphatic carbocycles. The summed E-state index contributed by atoms with van der Waals surface area (Å²) in [5.74, 6) is 1.18. The standard InChI is InChI=1S/C35H42O4/c1-4-28(38)17-10-8-9-15-23-39-29(5-2)18-11-6-7-12-19-30-26(3)35-31-20-14-13-16-27(31)21-22-32(35)34(25-37)33(30)24-36/h5-7,11,13-14,16,18,20,24-25H,4,8-10,12,15,17,19,21-23H2,1-3H3/b7-6+,18-11-,29-5+. The van der Waals surface area contributed by atoms with E-state index >= 15 is 0 Å². The number of ketones is 1. The van der Waals surface area contributed by atoms with E-state index in [4.69, 9.17) is 4.74 Å². The maximum Gasteiger partial charge on any atom is 0.151 e. The average molecular weight is 527 g/mol. The second-order valence-electron chi connectivity index (χ2n) is 10.1. The second-order valence-corrected chi connectivity index (χ2v) is 10.1. The van der Waals surface area contributed by atoms with E-state index in [1.807, 2.05) is 44.2 Å². The Bertz CT molecular complexity index is 1250. The van der Waals surface area contributed by atoms with Crippen molar-refractivity contribution in [1.29, 1.82) is 0 Å². The minimum Gasteiger partial charge on any atom is -0.494 e. The molecule has 0 fully saturated rings. The molecule has 0 unspecified atom stereocenters. The van der Waals surface area contributed by atoms with Gasteiger partial charge in [-0.05, 0) is 97.9 Å². The monoisotopic (exact) mass is 526 g/mol. The third-order valence-electron chi connectivity index (χ3n) is 7.60. The summed E-state index contributed by atoms with van der Waals surface area (Å²) in [6, 6.07) is 8.38. The molecule has 0 spiro atoms. The highest BCUT2D eigenvalue weighted by Gasteiger charge is 2.25. The zero-order valence-electron chi connectivity index (χ0n) is 23.8. The molecule has 4 nitrogen and oxygen atoms in total. The van der Waals surface area contributed by atoms with Gasteiger partial charge in [0.2, 0.25) is 0 Å². The Morgan fingerprint density at radius 2 is 1.74 bits per heavy atom. The first-order valence-electron chi connectivity index (χ1n) is 14.4. The number of carbonyl (C=O) groups is 3. The first kappa shape index (κ1) is 30.0. The first-order chi connectivity index (χ1) is 19.0. The lowest BCUT2D eigenvalue weighted by Crippen LogP contribution is -2.14. The van der Waals surface area contributed by atoms with E-state index in [9.17, 15) is 14.4 Å². The maximum absolute atomic E-state index is 12.1. The molecular weight excluding hydrogens is 484 g/mol. The van der Waals surface area contributed by atoms with Gasteiger partial charge in [-0.3, -0.25) is 14.4 Å². The number of ether oxygens (including phenoxy) is 1. The van der Waals surface area contributed by atoms with Crippen molar-refractivity contribution >= 4 is 18.4 Å². The summed E-state index contributed by atoms with van der Waals surface area (Å²) in [6.45, 7) is 6.63. The van der Waals surface area contributed by atoms with Crippen molar-refractivity contribution in [2.45, 2.75) is 85.0 Å². The summed E-state index contributed by atoms with van der Waals surface area (Å²) in [5, 5.41) is 0. The van der Waals surface area contributed by atoms with Crippen LogP contribution in [0.5, 0.6) is 0 Å². The molecule has 0 aromatic heterocycles. The minimum atomic E-state index is 0.346. The molecule has 0 saturated heterocycles. The van der Waals surface area contributed by atoms with Crippen molar-refractivity contribution in [3.05, 3.63) is 93.8 Å². The van der Waals surface area contributed by atoms with Gasteiger partial charge < -0.3 is 4.74 Å². The lowest BCUT2D eigenvalue weighted by atomic mass is 9.77. The third-order valence-corrected chi connectivity index (χ3v) is 7.60. The molecule has 0 heterocycles. The van der Waals surface area contributed by atoms with E-state index in [1.165, 1.54) is 11.1 Å². The van der Waals surface area contributed by atoms with Crippen LogP contribution in [0.25, 0.3) is 11.1 Å². The van der Waals surface area contributed by atoms with E-state index in [-0.39, 0.29) is 0 Å². The van der Waals surface area contributed by atoms with Crippen molar-refractivity contribution < 1.29 is 19.1 Å². The topological polar surface area (TPSA) is 60.4 Å². The Hall–Kier alpha value is -3.53. The fourth-order valence-electron chi connectivity index (χ4n) is 5.42. The second kappa shape index (κ2) is 15.8. The molecular formula is C35H42O4. The maximum atomic E-state index is 12.1. The van der Waals surface area contributed by atoms with Crippen molar-refractivity contribution in [1.82, 2.24) is 0 Å². The van der Waals surface area contributed by atoms with Gasteiger partial charge in [-0.1, -0.05) is 62.3 Å². The van der Waals surface area contributed by atoms with Gasteiger partial charge in [0.25, 0.3) is 0 Å². The molecule has 1 aliphatic rings. The van der Waals surface area contributed by atoms with E-state index in [0.29, 0.717) is 42.8 Å². The Kier molecular flexibility index (Phi) is 12.1. The quantitative estimate of drug-likeness (QED) is 0.0955. The van der Waals surface area contributed by atoms with Crippen LogP contribution in [-0.4, -0.2) is 25.0 Å². The van der Waals surface area contributed by atoms with Gasteiger partial charge in [-0.15, -0.1) is 0 Å². The Morgan fingerprint density at radius 1 is 0.974 bits per heavy atom. The fraction of sp³-hybridized carbons (Fsp3) is 0.400. The summed E-state index contributed by atoms with van der Waals surface area (Å²) in [7, 11) is 0. The van der Waals surface area contributed by atoms with Crippen molar-refractivity contribution in [3.63, 3.8) is 0 Å². The zero-order valence-corrected chi connectivity index (χ0v) is 23.8.